The zero-order valence-electron chi connectivity index (χ0n) is 13.6. The Labute approximate surface area is 145 Å². The highest BCUT2D eigenvalue weighted by atomic mass is 32.2. The molecule has 1 aromatic heterocycles. The number of rotatable bonds is 5. The van der Waals surface area contributed by atoms with E-state index in [0.29, 0.717) is 5.95 Å². The van der Waals surface area contributed by atoms with E-state index in [9.17, 15) is 0 Å². The molecule has 24 heavy (non-hydrogen) atoms. The van der Waals surface area contributed by atoms with E-state index in [2.05, 4.69) is 25.7 Å². The van der Waals surface area contributed by atoms with Gasteiger partial charge in [-0.3, -0.25) is 4.90 Å². The van der Waals surface area contributed by atoms with Crippen molar-refractivity contribution >= 4 is 17.7 Å². The van der Waals surface area contributed by atoms with Crippen molar-refractivity contribution in [2.45, 2.75) is 12.0 Å². The summed E-state index contributed by atoms with van der Waals surface area (Å²) in [7, 11) is 0. The number of hydrogen-bond acceptors (Lipinski definition) is 7. The van der Waals surface area contributed by atoms with E-state index in [4.69, 9.17) is 4.74 Å². The minimum Gasteiger partial charge on any atom is -0.379 e. The van der Waals surface area contributed by atoms with Gasteiger partial charge in [-0.05, 0) is 34.7 Å². The molecule has 0 spiro atoms. The Hall–Kier alpha value is -1.64. The molecular formula is C16H22N6OS. The molecule has 2 aliphatic rings. The number of tetrazole rings is 1. The smallest absolute Gasteiger partial charge is 0.247 e. The summed E-state index contributed by atoms with van der Waals surface area (Å²) in [4.78, 5) is 2.58. The summed E-state index contributed by atoms with van der Waals surface area (Å²) in [5.74, 6) is 3.06. The monoisotopic (exact) mass is 346 g/mol. The van der Waals surface area contributed by atoms with E-state index in [-0.39, 0.29) is 5.54 Å². The third-order valence-electron chi connectivity index (χ3n) is 4.81. The first-order chi connectivity index (χ1) is 11.9. The summed E-state index contributed by atoms with van der Waals surface area (Å²) in [5.41, 5.74) is 1.13. The fraction of sp³-hybridized carbons (Fsp3) is 0.562. The summed E-state index contributed by atoms with van der Waals surface area (Å²) in [6.45, 7) is 4.52. The van der Waals surface area contributed by atoms with Gasteiger partial charge < -0.3 is 10.1 Å². The Kier molecular flexibility index (Phi) is 4.68. The molecule has 3 heterocycles. The number of nitrogens with one attached hydrogen (secondary N) is 1. The van der Waals surface area contributed by atoms with Gasteiger partial charge in [-0.25, -0.2) is 0 Å². The average molecular weight is 346 g/mol. The molecule has 2 fully saturated rings. The Morgan fingerprint density at radius 1 is 1.21 bits per heavy atom. The van der Waals surface area contributed by atoms with Crippen LogP contribution in [0.1, 0.15) is 6.42 Å². The van der Waals surface area contributed by atoms with Gasteiger partial charge in [0.2, 0.25) is 5.95 Å². The molecule has 1 unspecified atom stereocenters. The van der Waals surface area contributed by atoms with Crippen molar-refractivity contribution in [1.82, 2.24) is 25.1 Å². The van der Waals surface area contributed by atoms with E-state index in [0.717, 1.165) is 44.3 Å². The molecule has 7 nitrogen and oxygen atoms in total. The van der Waals surface area contributed by atoms with E-state index in [1.54, 1.807) is 4.68 Å². The van der Waals surface area contributed by atoms with Crippen molar-refractivity contribution in [1.29, 1.82) is 0 Å². The Morgan fingerprint density at radius 2 is 2.04 bits per heavy atom. The standard InChI is InChI=1S/C16H22N6OS/c1-2-4-14(5-3-1)22-15(18-19-20-22)17-12-16(6-11-24-13-16)21-7-9-23-10-8-21/h1-5H,6-13H2,(H,17,18,20). The molecule has 0 saturated carbocycles. The molecule has 1 atom stereocenters. The van der Waals surface area contributed by atoms with E-state index >= 15 is 0 Å². The molecule has 0 bridgehead atoms. The zero-order chi connectivity index (χ0) is 16.2. The highest BCUT2D eigenvalue weighted by molar-refractivity contribution is 7.99. The average Bonchev–Trinajstić information content (AvgIpc) is 3.32. The normalized spacial score (nSPS) is 25.0. The van der Waals surface area contributed by atoms with Crippen LogP contribution in [0, 0.1) is 0 Å². The first kappa shape index (κ1) is 15.9. The lowest BCUT2D eigenvalue weighted by Crippen LogP contribution is -2.57. The number of para-hydroxylation sites is 1. The Bertz CT molecular complexity index is 652. The van der Waals surface area contributed by atoms with Crippen molar-refractivity contribution in [3.63, 3.8) is 0 Å². The first-order valence-electron chi connectivity index (χ1n) is 8.36. The van der Waals surface area contributed by atoms with Crippen LogP contribution in [0.25, 0.3) is 5.69 Å². The van der Waals surface area contributed by atoms with Crippen molar-refractivity contribution in [3.8, 4) is 5.69 Å². The van der Waals surface area contributed by atoms with E-state index < -0.39 is 0 Å². The number of thioether (sulfide) groups is 1. The van der Waals surface area contributed by atoms with Crippen LogP contribution >= 0.6 is 11.8 Å². The van der Waals surface area contributed by atoms with Gasteiger partial charge in [0.15, 0.2) is 0 Å². The predicted molar refractivity (Wildman–Crippen MR) is 94.7 cm³/mol. The quantitative estimate of drug-likeness (QED) is 0.875. The van der Waals surface area contributed by atoms with Crippen LogP contribution in [0.3, 0.4) is 0 Å². The SMILES string of the molecule is c1ccc(-n2nnnc2NCC2(N3CCOCC3)CCSC2)cc1. The predicted octanol–water partition coefficient (Wildman–Crippen LogP) is 1.28. The second-order valence-corrected chi connectivity index (χ2v) is 7.33. The summed E-state index contributed by atoms with van der Waals surface area (Å²) in [6.07, 6.45) is 1.19. The van der Waals surface area contributed by atoms with Crippen LogP contribution in [-0.4, -0.2) is 75.0 Å². The topological polar surface area (TPSA) is 68.1 Å². The number of aromatic nitrogens is 4. The lowest BCUT2D eigenvalue weighted by Gasteiger charge is -2.43. The molecule has 2 aromatic rings. The number of morpholine rings is 1. The number of nitrogens with zero attached hydrogens (tertiary/aromatic N) is 5. The number of anilines is 1. The maximum atomic E-state index is 5.53. The Morgan fingerprint density at radius 3 is 2.79 bits per heavy atom. The summed E-state index contributed by atoms with van der Waals surface area (Å²) in [5, 5.41) is 15.6. The van der Waals surface area contributed by atoms with E-state index in [1.165, 1.54) is 12.2 Å². The van der Waals surface area contributed by atoms with Crippen LogP contribution < -0.4 is 5.32 Å². The minimum atomic E-state index is 0.169. The van der Waals surface area contributed by atoms with Crippen LogP contribution in [-0.2, 0) is 4.74 Å². The molecule has 1 aromatic carbocycles. The molecule has 1 N–H and O–H groups in total. The van der Waals surface area contributed by atoms with Crippen molar-refractivity contribution in [2.24, 2.45) is 0 Å². The fourth-order valence-corrected chi connectivity index (χ4v) is 4.90. The van der Waals surface area contributed by atoms with Crippen molar-refractivity contribution in [2.75, 3.05) is 49.7 Å². The summed E-state index contributed by atoms with van der Waals surface area (Å²) < 4.78 is 7.29. The fourth-order valence-electron chi connectivity index (χ4n) is 3.42. The first-order valence-corrected chi connectivity index (χ1v) is 9.51. The molecule has 128 valence electrons. The third kappa shape index (κ3) is 3.13. The molecule has 8 heteroatoms. The lowest BCUT2D eigenvalue weighted by atomic mass is 9.95. The number of ether oxygens (including phenoxy) is 1. The number of hydrogen-bond donors (Lipinski definition) is 1. The molecule has 0 radical (unpaired) electrons. The highest BCUT2D eigenvalue weighted by Gasteiger charge is 2.40. The molecule has 2 aliphatic heterocycles. The van der Waals surface area contributed by atoms with Gasteiger partial charge in [0, 0.05) is 30.9 Å². The largest absolute Gasteiger partial charge is 0.379 e. The number of benzene rings is 1. The maximum Gasteiger partial charge on any atom is 0.247 e. The molecular weight excluding hydrogens is 324 g/mol. The van der Waals surface area contributed by atoms with Crippen molar-refractivity contribution in [3.05, 3.63) is 30.3 Å². The van der Waals surface area contributed by atoms with Gasteiger partial charge in [-0.15, -0.1) is 0 Å². The molecule has 0 aliphatic carbocycles. The summed E-state index contributed by atoms with van der Waals surface area (Å²) in [6, 6.07) is 9.98. The maximum absolute atomic E-state index is 5.53. The summed E-state index contributed by atoms with van der Waals surface area (Å²) >= 11 is 2.03. The van der Waals surface area contributed by atoms with Crippen LogP contribution in [0.5, 0.6) is 0 Å². The van der Waals surface area contributed by atoms with E-state index in [1.807, 2.05) is 42.1 Å². The van der Waals surface area contributed by atoms with Gasteiger partial charge in [-0.2, -0.15) is 16.4 Å². The van der Waals surface area contributed by atoms with Crippen LogP contribution in [0.2, 0.25) is 0 Å². The van der Waals surface area contributed by atoms with Gasteiger partial charge in [0.1, 0.15) is 0 Å². The zero-order valence-corrected chi connectivity index (χ0v) is 14.4. The Balaban J connectivity index is 1.50. The second kappa shape index (κ2) is 7.08. The molecule has 2 saturated heterocycles. The lowest BCUT2D eigenvalue weighted by molar-refractivity contribution is -0.00926. The van der Waals surface area contributed by atoms with Gasteiger partial charge in [-0.1, -0.05) is 23.3 Å². The third-order valence-corrected chi connectivity index (χ3v) is 6.04. The van der Waals surface area contributed by atoms with Gasteiger partial charge >= 0.3 is 0 Å². The second-order valence-electron chi connectivity index (χ2n) is 6.23. The molecule has 4 rings (SSSR count). The van der Waals surface area contributed by atoms with Gasteiger partial charge in [0.25, 0.3) is 0 Å². The molecule has 0 amide bonds. The van der Waals surface area contributed by atoms with Crippen LogP contribution in [0.15, 0.2) is 30.3 Å². The minimum absolute atomic E-state index is 0.169. The highest BCUT2D eigenvalue weighted by Crippen LogP contribution is 2.34. The van der Waals surface area contributed by atoms with Gasteiger partial charge in [0.05, 0.1) is 18.9 Å². The van der Waals surface area contributed by atoms with Crippen molar-refractivity contribution < 1.29 is 4.74 Å². The van der Waals surface area contributed by atoms with Crippen LogP contribution in [0.4, 0.5) is 5.95 Å².